The van der Waals surface area contributed by atoms with E-state index in [1.54, 1.807) is 12.1 Å². The second-order valence-electron chi connectivity index (χ2n) is 3.17. The van der Waals surface area contributed by atoms with Gasteiger partial charge >= 0.3 is 0 Å². The van der Waals surface area contributed by atoms with Crippen LogP contribution in [0.25, 0.3) is 0 Å². The maximum Gasteiger partial charge on any atom is 0.188 e. The van der Waals surface area contributed by atoms with E-state index in [-0.39, 0.29) is 20.2 Å². The Hall–Kier alpha value is -0.820. The smallest absolute Gasteiger partial charge is 0.188 e. The molecule has 0 saturated carbocycles. The van der Waals surface area contributed by atoms with Crippen LogP contribution in [0.4, 0.5) is 0 Å². The summed E-state index contributed by atoms with van der Waals surface area (Å²) >= 11 is 3.36. The summed E-state index contributed by atoms with van der Waals surface area (Å²) in [5, 5.41) is 9.14. The fourth-order valence-corrected chi connectivity index (χ4v) is 1.63. The van der Waals surface area contributed by atoms with Gasteiger partial charge in [-0.05, 0) is 33.6 Å². The summed E-state index contributed by atoms with van der Waals surface area (Å²) < 4.78 is 21.0. The van der Waals surface area contributed by atoms with Crippen molar-refractivity contribution in [3.63, 3.8) is 0 Å². The van der Waals surface area contributed by atoms with Crippen LogP contribution in [0, 0.1) is 0 Å². The molecule has 0 atom stereocenters. The molecule has 0 fully saturated rings. The largest absolute Gasteiger partial charge is 0.466 e. The molecule has 0 amide bonds. The van der Waals surface area contributed by atoms with Crippen molar-refractivity contribution < 1.29 is 24.1 Å². The molecule has 0 saturated heterocycles. The molecule has 0 aromatic heterocycles. The number of hydrogen-bond acceptors (Lipinski definition) is 5. The molecule has 6 heteroatoms. The van der Waals surface area contributed by atoms with Crippen molar-refractivity contribution in [2.75, 3.05) is 27.8 Å². The van der Waals surface area contributed by atoms with Crippen LogP contribution >= 0.6 is 15.9 Å². The lowest BCUT2D eigenvalue weighted by molar-refractivity contribution is 0.0447. The second-order valence-corrected chi connectivity index (χ2v) is 3.96. The maximum absolute atomic E-state index is 9.14. The van der Waals surface area contributed by atoms with E-state index in [0.717, 1.165) is 0 Å². The van der Waals surface area contributed by atoms with Crippen LogP contribution in [0.15, 0.2) is 16.6 Å². The predicted molar refractivity (Wildman–Crippen MR) is 65.1 cm³/mol. The van der Waals surface area contributed by atoms with Crippen LogP contribution in [-0.2, 0) is 16.1 Å². The maximum atomic E-state index is 9.14. The molecule has 0 aliphatic heterocycles. The highest BCUT2D eigenvalue weighted by molar-refractivity contribution is 9.10. The van der Waals surface area contributed by atoms with Crippen LogP contribution in [0.3, 0.4) is 0 Å². The van der Waals surface area contributed by atoms with Crippen molar-refractivity contribution in [3.05, 3.63) is 22.2 Å². The highest BCUT2D eigenvalue weighted by atomic mass is 79.9. The summed E-state index contributed by atoms with van der Waals surface area (Å²) in [6, 6.07) is 3.42. The van der Waals surface area contributed by atoms with E-state index in [1.165, 1.54) is 14.2 Å². The molecule has 0 unspecified atom stereocenters. The van der Waals surface area contributed by atoms with E-state index in [0.29, 0.717) is 21.5 Å². The Morgan fingerprint density at radius 1 is 1.06 bits per heavy atom. The molecular formula is C11H15BrO5. The molecule has 1 N–H and O–H groups in total. The predicted octanol–water partition coefficient (Wildman–Crippen LogP) is 1.91. The Morgan fingerprint density at radius 3 is 1.88 bits per heavy atom. The fourth-order valence-electron chi connectivity index (χ4n) is 1.17. The van der Waals surface area contributed by atoms with E-state index in [1.807, 2.05) is 0 Å². The summed E-state index contributed by atoms with van der Waals surface area (Å²) in [6.07, 6.45) is 0. The van der Waals surface area contributed by atoms with Crippen molar-refractivity contribution in [3.8, 4) is 11.5 Å². The summed E-state index contributed by atoms with van der Waals surface area (Å²) in [5.74, 6) is 1.09. The molecule has 0 spiro atoms. The van der Waals surface area contributed by atoms with E-state index < -0.39 is 0 Å². The van der Waals surface area contributed by atoms with Gasteiger partial charge in [-0.25, -0.2) is 0 Å². The molecule has 0 radical (unpaired) electrons. The zero-order valence-electron chi connectivity index (χ0n) is 9.73. The first-order chi connectivity index (χ1) is 8.22. The Labute approximate surface area is 108 Å². The third kappa shape index (κ3) is 4.16. The van der Waals surface area contributed by atoms with Crippen molar-refractivity contribution in [1.29, 1.82) is 0 Å². The molecule has 1 aromatic carbocycles. The van der Waals surface area contributed by atoms with Gasteiger partial charge in [0.15, 0.2) is 13.6 Å². The van der Waals surface area contributed by atoms with Crippen molar-refractivity contribution in [2.45, 2.75) is 6.61 Å². The highest BCUT2D eigenvalue weighted by Crippen LogP contribution is 2.36. The zero-order chi connectivity index (χ0) is 12.7. The minimum absolute atomic E-state index is 0.0973. The van der Waals surface area contributed by atoms with E-state index in [4.69, 9.17) is 24.1 Å². The van der Waals surface area contributed by atoms with Gasteiger partial charge in [-0.15, -0.1) is 0 Å². The number of rotatable bonds is 7. The Kier molecular flexibility index (Phi) is 6.28. The summed E-state index contributed by atoms with van der Waals surface area (Å²) in [5.41, 5.74) is 0.686. The van der Waals surface area contributed by atoms with Gasteiger partial charge in [0.25, 0.3) is 0 Å². The lowest BCUT2D eigenvalue weighted by Crippen LogP contribution is -2.04. The van der Waals surface area contributed by atoms with Gasteiger partial charge in [0.1, 0.15) is 16.0 Å². The Morgan fingerprint density at radius 2 is 1.53 bits per heavy atom. The number of benzene rings is 1. The average molecular weight is 307 g/mol. The first-order valence-corrected chi connectivity index (χ1v) is 5.69. The molecule has 5 nitrogen and oxygen atoms in total. The van der Waals surface area contributed by atoms with E-state index >= 15 is 0 Å². The number of halogens is 1. The molecule has 0 heterocycles. The van der Waals surface area contributed by atoms with Gasteiger partial charge in [-0.2, -0.15) is 0 Å². The van der Waals surface area contributed by atoms with Crippen LogP contribution in [0.5, 0.6) is 11.5 Å². The number of ether oxygens (including phenoxy) is 4. The van der Waals surface area contributed by atoms with E-state index in [2.05, 4.69) is 15.9 Å². The number of methoxy groups -OCH3 is 2. The molecule has 17 heavy (non-hydrogen) atoms. The lowest BCUT2D eigenvalue weighted by Gasteiger charge is -2.13. The van der Waals surface area contributed by atoms with Crippen molar-refractivity contribution >= 4 is 15.9 Å². The molecule has 96 valence electrons. The topological polar surface area (TPSA) is 57.2 Å². The van der Waals surface area contributed by atoms with Crippen LogP contribution < -0.4 is 9.47 Å². The van der Waals surface area contributed by atoms with Gasteiger partial charge in [-0.3, -0.25) is 0 Å². The lowest BCUT2D eigenvalue weighted by atomic mass is 10.2. The number of hydrogen-bond donors (Lipinski definition) is 1. The first kappa shape index (κ1) is 14.2. The number of aliphatic hydroxyl groups excluding tert-OH is 1. The second kappa shape index (κ2) is 7.50. The van der Waals surface area contributed by atoms with Gasteiger partial charge < -0.3 is 24.1 Å². The van der Waals surface area contributed by atoms with Gasteiger partial charge in [0.05, 0.1) is 6.61 Å². The van der Waals surface area contributed by atoms with Gasteiger partial charge in [0.2, 0.25) is 0 Å². The minimum Gasteiger partial charge on any atom is -0.466 e. The quantitative estimate of drug-likeness (QED) is 0.780. The van der Waals surface area contributed by atoms with Crippen LogP contribution in [-0.4, -0.2) is 32.9 Å². The first-order valence-electron chi connectivity index (χ1n) is 4.89. The molecule has 0 bridgehead atoms. The summed E-state index contributed by atoms with van der Waals surface area (Å²) in [7, 11) is 3.07. The molecule has 0 aliphatic rings. The Balaban J connectivity index is 2.94. The van der Waals surface area contributed by atoms with Crippen LogP contribution in [0.2, 0.25) is 0 Å². The summed E-state index contributed by atoms with van der Waals surface area (Å²) in [4.78, 5) is 0. The normalized spacial score (nSPS) is 10.4. The monoisotopic (exact) mass is 306 g/mol. The average Bonchev–Trinajstić information content (AvgIpc) is 2.36. The molecule has 0 aliphatic carbocycles. The molecule has 1 aromatic rings. The van der Waals surface area contributed by atoms with Gasteiger partial charge in [0, 0.05) is 14.2 Å². The number of aliphatic hydroxyl groups is 1. The molecular weight excluding hydrogens is 292 g/mol. The zero-order valence-corrected chi connectivity index (χ0v) is 11.3. The SMILES string of the molecule is COCOc1cc(CO)cc(OCOC)c1Br. The standard InChI is InChI=1S/C11H15BrO5/c1-14-6-16-9-3-8(5-13)4-10(11(9)12)17-7-15-2/h3-4,13H,5-7H2,1-2H3. The third-order valence-electron chi connectivity index (χ3n) is 1.91. The van der Waals surface area contributed by atoms with Gasteiger partial charge in [-0.1, -0.05) is 0 Å². The minimum atomic E-state index is -0.0973. The van der Waals surface area contributed by atoms with Crippen molar-refractivity contribution in [2.24, 2.45) is 0 Å². The Bertz CT molecular complexity index is 327. The third-order valence-corrected chi connectivity index (χ3v) is 2.69. The van der Waals surface area contributed by atoms with Crippen LogP contribution in [0.1, 0.15) is 5.56 Å². The van der Waals surface area contributed by atoms with E-state index in [9.17, 15) is 0 Å². The van der Waals surface area contributed by atoms with Crippen molar-refractivity contribution in [1.82, 2.24) is 0 Å². The molecule has 1 rings (SSSR count). The fraction of sp³-hybridized carbons (Fsp3) is 0.455. The summed E-state index contributed by atoms with van der Waals surface area (Å²) in [6.45, 7) is 0.147. The highest BCUT2D eigenvalue weighted by Gasteiger charge is 2.11.